The second-order valence-corrected chi connectivity index (χ2v) is 16.8. The normalized spacial score (nSPS) is 33.0. The average Bonchev–Trinajstić information content (AvgIpc) is 3.21. The summed E-state index contributed by atoms with van der Waals surface area (Å²) in [5.74, 6) is -5.89. The molecule has 5 N–H and O–H groups in total. The first-order valence-corrected chi connectivity index (χ1v) is 19.6. The van der Waals surface area contributed by atoms with Gasteiger partial charge in [0, 0.05) is 30.7 Å². The summed E-state index contributed by atoms with van der Waals surface area (Å²) in [5.41, 5.74) is -6.86. The Balaban J connectivity index is 1.34. The zero-order valence-corrected chi connectivity index (χ0v) is 33.4. The van der Waals surface area contributed by atoms with Crippen molar-refractivity contribution in [1.29, 1.82) is 0 Å². The lowest BCUT2D eigenvalue weighted by Gasteiger charge is -2.67. The van der Waals surface area contributed by atoms with E-state index in [1.165, 1.54) is 26.0 Å². The van der Waals surface area contributed by atoms with Crippen molar-refractivity contribution in [2.75, 3.05) is 6.61 Å². The summed E-state index contributed by atoms with van der Waals surface area (Å²) in [4.78, 5) is 69.5. The molecule has 3 aliphatic carbocycles. The molecule has 1 heterocycles. The molecule has 3 aromatic rings. The van der Waals surface area contributed by atoms with E-state index in [0.717, 1.165) is 6.92 Å². The molecule has 14 nitrogen and oxygen atoms in total. The number of fused-ring (bicyclic) bond motifs is 5. The van der Waals surface area contributed by atoms with E-state index in [1.54, 1.807) is 92.7 Å². The molecule has 1 amide bonds. The molecule has 2 saturated carbocycles. The number of carbonyl (C=O) groups excluding carboxylic acids is 5. The topological polar surface area (TPSA) is 215 Å². The smallest absolute Gasteiger partial charge is 0.338 e. The number of esters is 3. The highest BCUT2D eigenvalue weighted by Gasteiger charge is 2.78. The van der Waals surface area contributed by atoms with Crippen molar-refractivity contribution >= 4 is 29.6 Å². The third-order valence-corrected chi connectivity index (χ3v) is 13.2. The Labute approximate surface area is 341 Å². The molecule has 3 aromatic carbocycles. The molecule has 1 aliphatic heterocycles. The number of carbonyl (C=O) groups is 5. The van der Waals surface area contributed by atoms with Crippen molar-refractivity contribution in [3.05, 3.63) is 119 Å². The van der Waals surface area contributed by atoms with Crippen LogP contribution in [0.5, 0.6) is 0 Å². The lowest BCUT2D eigenvalue weighted by Crippen LogP contribution is -2.81. The van der Waals surface area contributed by atoms with E-state index < -0.39 is 107 Å². The Hall–Kier alpha value is -5.25. The molecule has 0 radical (unpaired) electrons. The summed E-state index contributed by atoms with van der Waals surface area (Å²) in [5, 5.41) is 51.9. The van der Waals surface area contributed by atoms with Crippen molar-refractivity contribution in [3.63, 3.8) is 0 Å². The van der Waals surface area contributed by atoms with Gasteiger partial charge < -0.3 is 44.7 Å². The Morgan fingerprint density at radius 3 is 2.00 bits per heavy atom. The summed E-state index contributed by atoms with van der Waals surface area (Å²) in [6.45, 7) is 6.89. The van der Waals surface area contributed by atoms with E-state index in [1.807, 2.05) is 0 Å². The maximum absolute atomic E-state index is 15.0. The molecule has 2 bridgehead atoms. The number of ketones is 1. The minimum atomic E-state index is -2.35. The van der Waals surface area contributed by atoms with Crippen LogP contribution < -0.4 is 5.32 Å². The fraction of sp³-hybridized carbons (Fsp3) is 0.444. The van der Waals surface area contributed by atoms with Gasteiger partial charge in [-0.3, -0.25) is 14.4 Å². The monoisotopic (exact) mass is 811 g/mol. The van der Waals surface area contributed by atoms with Gasteiger partial charge in [-0.05, 0) is 54.8 Å². The van der Waals surface area contributed by atoms with Crippen LogP contribution in [-0.2, 0) is 33.3 Å². The molecular formula is C45H49NO13. The SMILES string of the molecule is CC(=O)O[C@@]12CO[C@@H]1C[C@H](O)[C@@]1(C)C(=O)[C@H](O)C3=C(C)[C@@H](OC(=O)[C@H](O)[C@@H](NC(=O)c4ccccc4)c4ccccc4)C[C@@](O)(C(OC(=O)c4ccccc4)C12)C3(C)C. The second kappa shape index (κ2) is 15.4. The molecule has 14 heteroatoms. The number of hydrogen-bond donors (Lipinski definition) is 5. The van der Waals surface area contributed by atoms with Gasteiger partial charge in [0.15, 0.2) is 17.5 Å². The highest BCUT2D eigenvalue weighted by Crippen LogP contribution is 2.64. The van der Waals surface area contributed by atoms with Crippen LogP contribution in [0.1, 0.15) is 79.8 Å². The lowest BCUT2D eigenvalue weighted by molar-refractivity contribution is -0.346. The van der Waals surface area contributed by atoms with Gasteiger partial charge in [-0.1, -0.05) is 80.6 Å². The molecule has 59 heavy (non-hydrogen) atoms. The first-order chi connectivity index (χ1) is 27.9. The summed E-state index contributed by atoms with van der Waals surface area (Å²) >= 11 is 0. The van der Waals surface area contributed by atoms with Gasteiger partial charge >= 0.3 is 17.9 Å². The van der Waals surface area contributed by atoms with E-state index in [0.29, 0.717) is 5.56 Å². The fourth-order valence-electron chi connectivity index (χ4n) is 9.94. The summed E-state index contributed by atoms with van der Waals surface area (Å²) in [7, 11) is 0. The molecule has 312 valence electrons. The third kappa shape index (κ3) is 6.76. The lowest BCUT2D eigenvalue weighted by atomic mass is 9.44. The number of aliphatic hydroxyl groups excluding tert-OH is 3. The summed E-state index contributed by atoms with van der Waals surface area (Å²) in [6, 6.07) is 23.1. The fourth-order valence-corrected chi connectivity index (χ4v) is 9.94. The van der Waals surface area contributed by atoms with Crippen LogP contribution in [0.2, 0.25) is 0 Å². The van der Waals surface area contributed by atoms with Gasteiger partial charge in [0.2, 0.25) is 0 Å². The Morgan fingerprint density at radius 2 is 1.44 bits per heavy atom. The zero-order chi connectivity index (χ0) is 42.7. The number of nitrogens with one attached hydrogen (secondary N) is 1. The maximum atomic E-state index is 15.0. The number of ether oxygens (including phenoxy) is 4. The highest BCUT2D eigenvalue weighted by molar-refractivity contribution is 5.95. The minimum absolute atomic E-state index is 0.0540. The molecule has 3 fully saturated rings. The molecule has 7 rings (SSSR count). The number of Topliss-reactive ketones (excluding diaryl/α,β-unsaturated/α-hetero) is 1. The van der Waals surface area contributed by atoms with E-state index in [2.05, 4.69) is 5.32 Å². The third-order valence-electron chi connectivity index (χ3n) is 13.2. The van der Waals surface area contributed by atoms with Gasteiger partial charge in [-0.25, -0.2) is 9.59 Å². The quantitative estimate of drug-likeness (QED) is 0.120. The molecule has 11 atom stereocenters. The first-order valence-electron chi connectivity index (χ1n) is 19.6. The van der Waals surface area contributed by atoms with Gasteiger partial charge in [0.1, 0.15) is 30.0 Å². The molecule has 4 aliphatic rings. The number of hydrogen-bond acceptors (Lipinski definition) is 13. The van der Waals surface area contributed by atoms with Crippen LogP contribution in [0.3, 0.4) is 0 Å². The van der Waals surface area contributed by atoms with Gasteiger partial charge in [-0.2, -0.15) is 0 Å². The number of aliphatic hydroxyl groups is 4. The average molecular weight is 812 g/mol. The second-order valence-electron chi connectivity index (χ2n) is 16.8. The van der Waals surface area contributed by atoms with Crippen molar-refractivity contribution in [3.8, 4) is 0 Å². The van der Waals surface area contributed by atoms with Crippen molar-refractivity contribution in [1.82, 2.24) is 5.32 Å². The van der Waals surface area contributed by atoms with Crippen LogP contribution in [0, 0.1) is 16.7 Å². The van der Waals surface area contributed by atoms with Crippen molar-refractivity contribution in [2.45, 2.75) is 101 Å². The van der Waals surface area contributed by atoms with Gasteiger partial charge in [0.25, 0.3) is 5.91 Å². The Bertz CT molecular complexity index is 2160. The van der Waals surface area contributed by atoms with Crippen molar-refractivity contribution in [2.24, 2.45) is 16.7 Å². The van der Waals surface area contributed by atoms with Crippen LogP contribution in [-0.4, -0.2) is 104 Å². The predicted octanol–water partition coefficient (Wildman–Crippen LogP) is 3.16. The van der Waals surface area contributed by atoms with E-state index in [4.69, 9.17) is 18.9 Å². The van der Waals surface area contributed by atoms with Gasteiger partial charge in [0.05, 0.1) is 35.6 Å². The molecule has 0 aromatic heterocycles. The van der Waals surface area contributed by atoms with Crippen LogP contribution in [0.25, 0.3) is 0 Å². The summed E-state index contributed by atoms with van der Waals surface area (Å²) in [6.07, 6.45) is -10.5. The van der Waals surface area contributed by atoms with Crippen LogP contribution in [0.4, 0.5) is 0 Å². The van der Waals surface area contributed by atoms with E-state index in [9.17, 15) is 44.4 Å². The minimum Gasteiger partial charge on any atom is -0.456 e. The highest BCUT2D eigenvalue weighted by atomic mass is 16.6. The van der Waals surface area contributed by atoms with E-state index in [-0.39, 0.29) is 35.3 Å². The Kier molecular flexibility index (Phi) is 10.9. The molecule has 2 unspecified atom stereocenters. The molecule has 1 saturated heterocycles. The van der Waals surface area contributed by atoms with Crippen LogP contribution in [0.15, 0.2) is 102 Å². The number of rotatable bonds is 9. The number of benzene rings is 3. The standard InChI is InChI=1S/C45H49NO13/c1-24-29(57-41(54)35(50)33(26-15-9-6-10-16-26)46-39(52)27-17-11-7-12-18-27)22-45(55)38(58-40(53)28-19-13-8-14-20-28)36-43(5,37(51)34(49)32(24)42(45,3)4)30(48)21-31-44(36,23-56-31)59-25(2)47/h6-20,29-31,33-36,38,48-50,55H,21-23H2,1-5H3,(H,46,52)/t29-,30-,31+,33-,34+,35+,36?,38?,43+,44-,45+/m0/s1. The first kappa shape index (κ1) is 41.9. The van der Waals surface area contributed by atoms with Crippen molar-refractivity contribution < 1.29 is 63.3 Å². The largest absolute Gasteiger partial charge is 0.456 e. The van der Waals surface area contributed by atoms with Crippen LogP contribution >= 0.6 is 0 Å². The summed E-state index contributed by atoms with van der Waals surface area (Å²) < 4.78 is 24.2. The van der Waals surface area contributed by atoms with E-state index >= 15 is 0 Å². The number of amides is 1. The molecular weight excluding hydrogens is 762 g/mol. The maximum Gasteiger partial charge on any atom is 0.338 e. The predicted molar refractivity (Wildman–Crippen MR) is 208 cm³/mol. The Morgan fingerprint density at radius 1 is 0.864 bits per heavy atom. The zero-order valence-electron chi connectivity index (χ0n) is 33.4. The molecule has 0 spiro atoms. The van der Waals surface area contributed by atoms with Gasteiger partial charge in [-0.15, -0.1) is 0 Å².